The third kappa shape index (κ3) is 64.2. The molecule has 0 radical (unpaired) electrons. The van der Waals surface area contributed by atoms with E-state index >= 15 is 0 Å². The van der Waals surface area contributed by atoms with Gasteiger partial charge < -0.3 is 40.9 Å². The van der Waals surface area contributed by atoms with Crippen LogP contribution in [-0.2, 0) is 38.4 Å². The van der Waals surface area contributed by atoms with Gasteiger partial charge in [0, 0.05) is 48.6 Å². The normalized spacial score (nSPS) is 9.50. The molecule has 0 atom stereocenters. The van der Waals surface area contributed by atoms with Gasteiger partial charge in [-0.25, -0.2) is 38.4 Å². The third-order valence-corrected chi connectivity index (χ3v) is 1.47. The molecule has 0 aromatic heterocycles. The Bertz CT molecular complexity index is 612. The van der Waals surface area contributed by atoms with Gasteiger partial charge in [0.2, 0.25) is 0 Å². The lowest BCUT2D eigenvalue weighted by Crippen LogP contribution is -1.91. The fraction of sp³-hybridized carbons (Fsp3) is 0. The van der Waals surface area contributed by atoms with Crippen molar-refractivity contribution in [2.45, 2.75) is 0 Å². The van der Waals surface area contributed by atoms with Crippen molar-refractivity contribution < 1.29 is 79.2 Å². The highest BCUT2D eigenvalue weighted by molar-refractivity contribution is 5.91. The number of carboxylic acids is 8. The molecule has 176 valence electrons. The Morgan fingerprint density at radius 2 is 0.312 bits per heavy atom. The van der Waals surface area contributed by atoms with Crippen LogP contribution in [0.25, 0.3) is 0 Å². The number of carboxylic acid groups (broad SMARTS) is 8. The molecule has 0 aromatic rings. The van der Waals surface area contributed by atoms with Gasteiger partial charge in [0.15, 0.2) is 0 Å². The average molecular weight is 464 g/mol. The maximum absolute atomic E-state index is 9.55. The molecule has 0 aromatic carbocycles. The van der Waals surface area contributed by atoms with E-state index in [9.17, 15) is 38.4 Å². The van der Waals surface area contributed by atoms with Gasteiger partial charge in [-0.2, -0.15) is 0 Å². The van der Waals surface area contributed by atoms with Crippen LogP contribution >= 0.6 is 0 Å². The number of aliphatic carboxylic acids is 8. The lowest BCUT2D eigenvalue weighted by atomic mass is 10.5. The molecule has 0 aliphatic carbocycles. The van der Waals surface area contributed by atoms with Gasteiger partial charge in [0.25, 0.3) is 0 Å². The number of hydrogen-bond acceptors (Lipinski definition) is 8. The molecule has 32 heavy (non-hydrogen) atoms. The molecule has 16 heteroatoms. The van der Waals surface area contributed by atoms with Crippen molar-refractivity contribution >= 4 is 47.8 Å². The Morgan fingerprint density at radius 1 is 0.250 bits per heavy atom. The van der Waals surface area contributed by atoms with Crippen molar-refractivity contribution in [1.82, 2.24) is 0 Å². The highest BCUT2D eigenvalue weighted by atomic mass is 16.4. The molecule has 0 aliphatic rings. The summed E-state index contributed by atoms with van der Waals surface area (Å²) in [5.41, 5.74) is 0. The fourth-order valence-electron chi connectivity index (χ4n) is 0.570. The molecular weight excluding hydrogens is 448 g/mol. The van der Waals surface area contributed by atoms with E-state index in [-0.39, 0.29) is 0 Å². The van der Waals surface area contributed by atoms with Crippen molar-refractivity contribution in [3.05, 3.63) is 48.6 Å². The molecule has 8 N–H and O–H groups in total. The Hall–Kier alpha value is -5.28. The van der Waals surface area contributed by atoms with Crippen LogP contribution in [0.3, 0.4) is 0 Å². The van der Waals surface area contributed by atoms with Crippen molar-refractivity contribution in [3.8, 4) is 0 Å². The van der Waals surface area contributed by atoms with Gasteiger partial charge in [-0.1, -0.05) is 0 Å². The second-order valence-corrected chi connectivity index (χ2v) is 4.04. The summed E-state index contributed by atoms with van der Waals surface area (Å²) >= 11 is 0. The van der Waals surface area contributed by atoms with Crippen LogP contribution in [0.5, 0.6) is 0 Å². The minimum absolute atomic E-state index is 0.558. The summed E-state index contributed by atoms with van der Waals surface area (Å²) in [7, 11) is 0. The second kappa shape index (κ2) is 22.0. The minimum Gasteiger partial charge on any atom is -0.478 e. The van der Waals surface area contributed by atoms with Crippen molar-refractivity contribution in [1.29, 1.82) is 0 Å². The smallest absolute Gasteiger partial charge is 0.328 e. The molecule has 0 saturated heterocycles. The topological polar surface area (TPSA) is 298 Å². The molecule has 0 aliphatic heterocycles. The van der Waals surface area contributed by atoms with Crippen molar-refractivity contribution in [2.24, 2.45) is 0 Å². The summed E-state index contributed by atoms with van der Waals surface area (Å²) in [6.45, 7) is 0. The first-order valence-electron chi connectivity index (χ1n) is 7.06. The molecule has 0 bridgehead atoms. The first-order chi connectivity index (χ1) is 14.5. The highest BCUT2D eigenvalue weighted by Gasteiger charge is 1.90. The molecule has 0 unspecified atom stereocenters. The van der Waals surface area contributed by atoms with Crippen LogP contribution in [0.2, 0.25) is 0 Å². The largest absolute Gasteiger partial charge is 0.478 e. The van der Waals surface area contributed by atoms with E-state index in [4.69, 9.17) is 40.9 Å². The predicted octanol–water partition coefficient (Wildman–Crippen LogP) is -1.15. The monoisotopic (exact) mass is 464 g/mol. The van der Waals surface area contributed by atoms with E-state index in [1.54, 1.807) is 0 Å². The number of carbonyl (C=O) groups is 8. The first kappa shape index (κ1) is 34.2. The summed E-state index contributed by atoms with van der Waals surface area (Å²) in [5.74, 6) is -10.1. The standard InChI is InChI=1S/4C4H4O4/c4*5-3(6)1-2-4(7)8/h4*1-2H,(H,5,6)(H,7,8)/b4*2-1-. The molecule has 0 rings (SSSR count). The van der Waals surface area contributed by atoms with Crippen LogP contribution in [-0.4, -0.2) is 88.6 Å². The number of rotatable bonds is 8. The summed E-state index contributed by atoms with van der Waals surface area (Å²) in [6, 6.07) is 0. The second-order valence-electron chi connectivity index (χ2n) is 4.04. The number of hydrogen-bond donors (Lipinski definition) is 8. The van der Waals surface area contributed by atoms with Crippen LogP contribution < -0.4 is 0 Å². The average Bonchev–Trinajstić information content (AvgIpc) is 2.63. The zero-order valence-electron chi connectivity index (χ0n) is 15.5. The summed E-state index contributed by atoms with van der Waals surface area (Å²) in [4.78, 5) is 76.4. The lowest BCUT2D eigenvalue weighted by Gasteiger charge is -1.74. The van der Waals surface area contributed by atoms with Crippen LogP contribution in [0.15, 0.2) is 48.6 Å². The zero-order chi connectivity index (χ0) is 26.3. The van der Waals surface area contributed by atoms with E-state index in [2.05, 4.69) is 0 Å². The molecule has 0 saturated carbocycles. The minimum atomic E-state index is -1.26. The Balaban J connectivity index is -0.000000163. The van der Waals surface area contributed by atoms with Crippen molar-refractivity contribution in [2.75, 3.05) is 0 Å². The van der Waals surface area contributed by atoms with Crippen molar-refractivity contribution in [3.63, 3.8) is 0 Å². The van der Waals surface area contributed by atoms with Gasteiger partial charge >= 0.3 is 47.8 Å². The third-order valence-electron chi connectivity index (χ3n) is 1.47. The first-order valence-corrected chi connectivity index (χ1v) is 7.06. The molecule has 16 nitrogen and oxygen atoms in total. The van der Waals surface area contributed by atoms with Gasteiger partial charge in [-0.3, -0.25) is 0 Å². The lowest BCUT2D eigenvalue weighted by molar-refractivity contribution is -0.134. The molecule has 0 spiro atoms. The summed E-state index contributed by atoms with van der Waals surface area (Å²) in [5, 5.41) is 62.5. The Morgan fingerprint density at radius 3 is 0.344 bits per heavy atom. The van der Waals surface area contributed by atoms with E-state index in [1.165, 1.54) is 0 Å². The highest BCUT2D eigenvalue weighted by Crippen LogP contribution is 1.72. The molecule has 0 amide bonds. The molecule has 0 fully saturated rings. The van der Waals surface area contributed by atoms with Crippen LogP contribution in [0.4, 0.5) is 0 Å². The molecule has 0 heterocycles. The fourth-order valence-corrected chi connectivity index (χ4v) is 0.570. The van der Waals surface area contributed by atoms with Gasteiger partial charge in [0.1, 0.15) is 0 Å². The van der Waals surface area contributed by atoms with E-state index in [0.717, 1.165) is 0 Å². The summed E-state index contributed by atoms with van der Waals surface area (Å²) < 4.78 is 0. The summed E-state index contributed by atoms with van der Waals surface area (Å²) in [6.07, 6.45) is 4.46. The van der Waals surface area contributed by atoms with Gasteiger partial charge in [-0.05, 0) is 0 Å². The van der Waals surface area contributed by atoms with Crippen LogP contribution in [0, 0.1) is 0 Å². The van der Waals surface area contributed by atoms with Gasteiger partial charge in [0.05, 0.1) is 0 Å². The van der Waals surface area contributed by atoms with E-state index in [1.807, 2.05) is 0 Å². The predicted molar refractivity (Wildman–Crippen MR) is 97.6 cm³/mol. The quantitative estimate of drug-likeness (QED) is 0.196. The Kier molecular flexibility index (Phi) is 23.6. The SMILES string of the molecule is O=C(O)/C=C\C(=O)O.O=C(O)/C=C\C(=O)O.O=C(O)/C=C\C(=O)O.O=C(O)/C=C\C(=O)O. The van der Waals surface area contributed by atoms with E-state index < -0.39 is 47.8 Å². The van der Waals surface area contributed by atoms with Gasteiger partial charge in [-0.15, -0.1) is 0 Å². The van der Waals surface area contributed by atoms with E-state index in [0.29, 0.717) is 48.6 Å². The van der Waals surface area contributed by atoms with Crippen LogP contribution in [0.1, 0.15) is 0 Å². The Labute approximate surface area is 176 Å². The molecular formula is C16H16O16. The maximum Gasteiger partial charge on any atom is 0.328 e. The zero-order valence-corrected chi connectivity index (χ0v) is 15.5. The maximum atomic E-state index is 9.55.